The number of hydrogen-bond donors (Lipinski definition) is 2. The van der Waals surface area contributed by atoms with Crippen molar-refractivity contribution >= 4 is 17.0 Å². The molecule has 0 unspecified atom stereocenters. The van der Waals surface area contributed by atoms with Gasteiger partial charge in [0.2, 0.25) is 11.8 Å². The van der Waals surface area contributed by atoms with Gasteiger partial charge in [-0.25, -0.2) is 0 Å². The lowest BCUT2D eigenvalue weighted by molar-refractivity contribution is -0.136. The van der Waals surface area contributed by atoms with E-state index in [0.29, 0.717) is 17.0 Å². The van der Waals surface area contributed by atoms with E-state index in [1.807, 2.05) is 0 Å². The predicted molar refractivity (Wildman–Crippen MR) is 62.0 cm³/mol. The molecule has 2 aromatic rings. The molecule has 0 bridgehead atoms. The van der Waals surface area contributed by atoms with Crippen molar-refractivity contribution in [2.45, 2.75) is 19.0 Å². The molecule has 104 valence electrons. The van der Waals surface area contributed by atoms with Crippen molar-refractivity contribution in [2.24, 2.45) is 0 Å². The van der Waals surface area contributed by atoms with Crippen molar-refractivity contribution in [3.8, 4) is 5.88 Å². The maximum absolute atomic E-state index is 12.0. The Balaban J connectivity index is 2.05. The number of hydrogen-bond acceptors (Lipinski definition) is 5. The summed E-state index contributed by atoms with van der Waals surface area (Å²) in [7, 11) is 1.63. The lowest BCUT2D eigenvalue weighted by Crippen LogP contribution is -2.10. The highest BCUT2D eigenvalue weighted by atomic mass is 19.4. The minimum atomic E-state index is -4.17. The molecule has 0 radical (unpaired) electrons. The van der Waals surface area contributed by atoms with Gasteiger partial charge in [0, 0.05) is 13.5 Å². The smallest absolute Gasteiger partial charge is 0.389 e. The zero-order chi connectivity index (χ0) is 13.9. The van der Waals surface area contributed by atoms with Crippen molar-refractivity contribution < 1.29 is 17.9 Å². The molecule has 0 fully saturated rings. The molecule has 0 saturated heterocycles. The summed E-state index contributed by atoms with van der Waals surface area (Å²) in [5.74, 6) is 0.521. The Morgan fingerprint density at radius 3 is 2.84 bits per heavy atom. The fraction of sp³-hybridized carbons (Fsp3) is 0.500. The van der Waals surface area contributed by atoms with Crippen LogP contribution in [0, 0.1) is 0 Å². The summed E-state index contributed by atoms with van der Waals surface area (Å²) in [5.41, 5.74) is 0.463. The van der Waals surface area contributed by atoms with Gasteiger partial charge in [-0.1, -0.05) is 0 Å². The Morgan fingerprint density at radius 1 is 1.37 bits per heavy atom. The Kier molecular flexibility index (Phi) is 3.72. The number of alkyl halides is 3. The van der Waals surface area contributed by atoms with Crippen LogP contribution in [0.15, 0.2) is 6.20 Å². The Hall–Kier alpha value is -2.06. The third-order valence-electron chi connectivity index (χ3n) is 2.34. The third kappa shape index (κ3) is 3.46. The van der Waals surface area contributed by atoms with Gasteiger partial charge < -0.3 is 10.1 Å². The molecule has 19 heavy (non-hydrogen) atoms. The summed E-state index contributed by atoms with van der Waals surface area (Å²) in [6.45, 7) is -0.0695. The van der Waals surface area contributed by atoms with Gasteiger partial charge in [-0.3, -0.25) is 5.10 Å². The molecule has 0 spiro atoms. The third-order valence-corrected chi connectivity index (χ3v) is 2.34. The summed E-state index contributed by atoms with van der Waals surface area (Å²) < 4.78 is 41.3. The number of rotatable bonds is 5. The number of nitrogens with one attached hydrogen (secondary N) is 2. The number of halogens is 3. The highest BCUT2D eigenvalue weighted by molar-refractivity contribution is 5.80. The number of H-pyrrole nitrogens is 1. The Labute approximate surface area is 106 Å². The second-order valence-electron chi connectivity index (χ2n) is 3.80. The van der Waals surface area contributed by atoms with E-state index in [9.17, 15) is 13.2 Å². The molecule has 6 nitrogen and oxygen atoms in total. The first kappa shape index (κ1) is 13.4. The molecule has 2 heterocycles. The van der Waals surface area contributed by atoms with E-state index in [0.717, 1.165) is 0 Å². The topological polar surface area (TPSA) is 75.7 Å². The summed E-state index contributed by atoms with van der Waals surface area (Å²) in [6, 6.07) is 0. The number of ether oxygens (including phenoxy) is 1. The Bertz CT molecular complexity index is 554. The van der Waals surface area contributed by atoms with Crippen LogP contribution >= 0.6 is 0 Å². The lowest BCUT2D eigenvalue weighted by Gasteiger charge is -2.09. The summed E-state index contributed by atoms with van der Waals surface area (Å²) in [6.07, 6.45) is -3.71. The van der Waals surface area contributed by atoms with Crippen molar-refractivity contribution in [1.82, 2.24) is 20.2 Å². The zero-order valence-corrected chi connectivity index (χ0v) is 10.1. The van der Waals surface area contributed by atoms with Gasteiger partial charge in [-0.15, -0.1) is 0 Å². The number of aromatic nitrogens is 4. The van der Waals surface area contributed by atoms with E-state index in [2.05, 4.69) is 25.5 Å². The average Bonchev–Trinajstić information content (AvgIpc) is 2.81. The highest BCUT2D eigenvalue weighted by Gasteiger charge is 2.26. The lowest BCUT2D eigenvalue weighted by atomic mass is 10.3. The molecule has 9 heteroatoms. The van der Waals surface area contributed by atoms with E-state index >= 15 is 0 Å². The Morgan fingerprint density at radius 2 is 2.16 bits per heavy atom. The predicted octanol–water partition coefficient (Wildman–Crippen LogP) is 2.12. The van der Waals surface area contributed by atoms with Crippen LogP contribution in [0.25, 0.3) is 11.0 Å². The van der Waals surface area contributed by atoms with E-state index in [1.54, 1.807) is 7.05 Å². The second kappa shape index (κ2) is 5.29. The number of fused-ring (bicyclic) bond motifs is 1. The van der Waals surface area contributed by atoms with Gasteiger partial charge in [0.05, 0.1) is 12.8 Å². The standard InChI is InChI=1S/C10H12F3N5O/c1-14-9-16-7-6(5-15-18-7)8(17-9)19-4-2-3-10(11,12)13/h5H,2-4H2,1H3,(H2,14,15,16,17,18). The van der Waals surface area contributed by atoms with Gasteiger partial charge in [0.25, 0.3) is 0 Å². The molecule has 0 amide bonds. The minimum absolute atomic E-state index is 0.0695. The largest absolute Gasteiger partial charge is 0.477 e. The molecule has 0 aliphatic heterocycles. The van der Waals surface area contributed by atoms with Gasteiger partial charge in [-0.05, 0) is 6.42 Å². The van der Waals surface area contributed by atoms with Crippen LogP contribution in [0.3, 0.4) is 0 Å². The van der Waals surface area contributed by atoms with Gasteiger partial charge in [0.1, 0.15) is 5.39 Å². The van der Waals surface area contributed by atoms with Gasteiger partial charge >= 0.3 is 6.18 Å². The normalized spacial score (nSPS) is 11.8. The molecule has 0 atom stereocenters. The van der Waals surface area contributed by atoms with Crippen LogP contribution in [0.5, 0.6) is 5.88 Å². The van der Waals surface area contributed by atoms with Crippen LogP contribution in [0.2, 0.25) is 0 Å². The molecule has 0 saturated carbocycles. The highest BCUT2D eigenvalue weighted by Crippen LogP contribution is 2.24. The number of nitrogens with zero attached hydrogens (tertiary/aromatic N) is 3. The van der Waals surface area contributed by atoms with Crippen molar-refractivity contribution in [1.29, 1.82) is 0 Å². The van der Waals surface area contributed by atoms with Crippen LogP contribution < -0.4 is 10.1 Å². The quantitative estimate of drug-likeness (QED) is 0.817. The maximum atomic E-state index is 12.0. The molecule has 2 N–H and O–H groups in total. The van der Waals surface area contributed by atoms with Crippen molar-refractivity contribution in [3.05, 3.63) is 6.20 Å². The van der Waals surface area contributed by atoms with E-state index in [1.165, 1.54) is 6.20 Å². The minimum Gasteiger partial charge on any atom is -0.477 e. The maximum Gasteiger partial charge on any atom is 0.389 e. The summed E-state index contributed by atoms with van der Waals surface area (Å²) in [4.78, 5) is 8.12. The van der Waals surface area contributed by atoms with Crippen LogP contribution in [-0.4, -0.2) is 40.0 Å². The number of anilines is 1. The van der Waals surface area contributed by atoms with E-state index in [4.69, 9.17) is 4.74 Å². The van der Waals surface area contributed by atoms with Crippen LogP contribution in [-0.2, 0) is 0 Å². The summed E-state index contributed by atoms with van der Waals surface area (Å²) >= 11 is 0. The first-order chi connectivity index (χ1) is 8.99. The van der Waals surface area contributed by atoms with E-state index < -0.39 is 12.6 Å². The molecule has 2 aromatic heterocycles. The first-order valence-electron chi connectivity index (χ1n) is 5.58. The van der Waals surface area contributed by atoms with Crippen LogP contribution in [0.4, 0.5) is 19.1 Å². The van der Waals surface area contributed by atoms with E-state index in [-0.39, 0.29) is 18.9 Å². The molecule has 2 rings (SSSR count). The van der Waals surface area contributed by atoms with Crippen molar-refractivity contribution in [3.63, 3.8) is 0 Å². The van der Waals surface area contributed by atoms with Gasteiger partial charge in [-0.2, -0.15) is 28.2 Å². The van der Waals surface area contributed by atoms with Gasteiger partial charge in [0.15, 0.2) is 5.65 Å². The molecular weight excluding hydrogens is 263 g/mol. The number of aromatic amines is 1. The molecule has 0 aliphatic rings. The fourth-order valence-corrected chi connectivity index (χ4v) is 1.47. The zero-order valence-electron chi connectivity index (χ0n) is 10.1. The average molecular weight is 275 g/mol. The first-order valence-corrected chi connectivity index (χ1v) is 5.58. The second-order valence-corrected chi connectivity index (χ2v) is 3.80. The van der Waals surface area contributed by atoms with Crippen molar-refractivity contribution in [2.75, 3.05) is 19.0 Å². The molecule has 0 aliphatic carbocycles. The van der Waals surface area contributed by atoms with Crippen LogP contribution in [0.1, 0.15) is 12.8 Å². The molecule has 0 aromatic carbocycles. The monoisotopic (exact) mass is 275 g/mol. The SMILES string of the molecule is CNc1nc(OCCCC(F)(F)F)c2cn[nH]c2n1. The summed E-state index contributed by atoms with van der Waals surface area (Å²) in [5, 5.41) is 9.71. The molecular formula is C10H12F3N5O. The fourth-order valence-electron chi connectivity index (χ4n) is 1.47.